The lowest BCUT2D eigenvalue weighted by molar-refractivity contribution is -0.136. The first-order valence-electron chi connectivity index (χ1n) is 7.18. The van der Waals surface area contributed by atoms with Crippen molar-refractivity contribution in [1.29, 1.82) is 0 Å². The number of phenols is 1. The molecule has 2 aromatic rings. The molecule has 0 saturated heterocycles. The van der Waals surface area contributed by atoms with E-state index in [2.05, 4.69) is 0 Å². The number of amides is 2. The van der Waals surface area contributed by atoms with Crippen LogP contribution in [0.4, 0.5) is 16.2 Å². The van der Waals surface area contributed by atoms with Crippen LogP contribution in [0.1, 0.15) is 5.56 Å². The summed E-state index contributed by atoms with van der Waals surface area (Å²) in [6.45, 7) is 0. The fourth-order valence-corrected chi connectivity index (χ4v) is 4.22. The van der Waals surface area contributed by atoms with Crippen LogP contribution in [0.5, 0.6) is 5.75 Å². The Balaban J connectivity index is 2.09. The van der Waals surface area contributed by atoms with E-state index in [0.717, 1.165) is 4.90 Å². The van der Waals surface area contributed by atoms with E-state index in [0.29, 0.717) is 9.87 Å². The Morgan fingerprint density at radius 3 is 2.36 bits per heavy atom. The Bertz CT molecular complexity index is 969. The van der Waals surface area contributed by atoms with Gasteiger partial charge in [-0.15, -0.1) is 0 Å². The molecule has 0 unspecified atom stereocenters. The maximum Gasteiger partial charge on any atom is 0.342 e. The van der Waals surface area contributed by atoms with E-state index in [1.165, 1.54) is 49.5 Å². The van der Waals surface area contributed by atoms with Gasteiger partial charge in [0.2, 0.25) is 0 Å². The Hall–Kier alpha value is -3.07. The van der Waals surface area contributed by atoms with Gasteiger partial charge in [0.25, 0.3) is 10.0 Å². The zero-order chi connectivity index (χ0) is 18.4. The first-order chi connectivity index (χ1) is 11.7. The monoisotopic (exact) mass is 362 g/mol. The molecule has 25 heavy (non-hydrogen) atoms. The molecule has 0 saturated carbocycles. The molecule has 2 amide bonds. The number of benzene rings is 2. The van der Waals surface area contributed by atoms with Gasteiger partial charge in [-0.1, -0.05) is 12.1 Å². The van der Waals surface area contributed by atoms with Crippen LogP contribution in [0, 0.1) is 0 Å². The van der Waals surface area contributed by atoms with E-state index in [1.807, 2.05) is 0 Å². The molecule has 0 radical (unpaired) electrons. The second kappa shape index (κ2) is 5.78. The maximum atomic E-state index is 12.8. The standard InChI is InChI=1S/C16H14N2O6S/c1-17-13-9-12(19)6-7-14(13)25(23,24)18(16(17)22)11-4-2-10(3-5-11)8-15(20)21/h2-7,9,19H,8H2,1H3,(H,20,21). The highest BCUT2D eigenvalue weighted by Gasteiger charge is 2.41. The SMILES string of the molecule is CN1C(=O)N(c2ccc(CC(=O)O)cc2)S(=O)(=O)c2ccc(O)cc21. The number of urea groups is 1. The fraction of sp³-hybridized carbons (Fsp3) is 0.125. The van der Waals surface area contributed by atoms with Crippen LogP contribution in [0.3, 0.4) is 0 Å². The van der Waals surface area contributed by atoms with Crippen LogP contribution in [0.25, 0.3) is 0 Å². The predicted molar refractivity (Wildman–Crippen MR) is 89.4 cm³/mol. The van der Waals surface area contributed by atoms with Gasteiger partial charge in [-0.05, 0) is 29.8 Å². The van der Waals surface area contributed by atoms with E-state index in [9.17, 15) is 23.1 Å². The normalized spacial score (nSPS) is 15.8. The van der Waals surface area contributed by atoms with Crippen LogP contribution in [0.15, 0.2) is 47.4 Å². The van der Waals surface area contributed by atoms with E-state index in [-0.39, 0.29) is 28.4 Å². The third kappa shape index (κ3) is 2.78. The molecule has 9 heteroatoms. The summed E-state index contributed by atoms with van der Waals surface area (Å²) in [4.78, 5) is 24.3. The smallest absolute Gasteiger partial charge is 0.342 e. The Labute approximate surface area is 143 Å². The lowest BCUT2D eigenvalue weighted by Gasteiger charge is -2.34. The summed E-state index contributed by atoms with van der Waals surface area (Å²) >= 11 is 0. The van der Waals surface area contributed by atoms with Gasteiger partial charge in [0, 0.05) is 13.1 Å². The van der Waals surface area contributed by atoms with E-state index < -0.39 is 22.0 Å². The number of aliphatic carboxylic acids is 1. The van der Waals surface area contributed by atoms with Gasteiger partial charge in [0.1, 0.15) is 10.6 Å². The average Bonchev–Trinajstić information content (AvgIpc) is 2.53. The fourth-order valence-electron chi connectivity index (χ4n) is 2.60. The van der Waals surface area contributed by atoms with Crippen molar-refractivity contribution in [3.63, 3.8) is 0 Å². The van der Waals surface area contributed by atoms with Crippen molar-refractivity contribution in [2.24, 2.45) is 0 Å². The molecule has 0 aromatic heterocycles. The summed E-state index contributed by atoms with van der Waals surface area (Å²) in [5.41, 5.74) is 0.672. The van der Waals surface area contributed by atoms with Crippen LogP contribution >= 0.6 is 0 Å². The largest absolute Gasteiger partial charge is 0.508 e. The molecule has 3 rings (SSSR count). The molecule has 0 aliphatic carbocycles. The van der Waals surface area contributed by atoms with Crippen molar-refractivity contribution in [3.8, 4) is 5.75 Å². The number of carbonyl (C=O) groups is 2. The number of fused-ring (bicyclic) bond motifs is 1. The molecule has 0 bridgehead atoms. The minimum absolute atomic E-state index is 0.0868. The van der Waals surface area contributed by atoms with Gasteiger partial charge in [-0.2, -0.15) is 4.31 Å². The third-order valence-corrected chi connectivity index (χ3v) is 5.56. The number of nitrogens with zero attached hydrogens (tertiary/aromatic N) is 2. The number of carboxylic acid groups (broad SMARTS) is 1. The summed E-state index contributed by atoms with van der Waals surface area (Å²) in [5, 5.41) is 18.3. The number of anilines is 2. The van der Waals surface area contributed by atoms with Crippen molar-refractivity contribution in [2.75, 3.05) is 16.3 Å². The highest BCUT2D eigenvalue weighted by molar-refractivity contribution is 7.94. The molecular formula is C16H14N2O6S. The molecule has 1 aliphatic rings. The third-order valence-electron chi connectivity index (χ3n) is 3.81. The molecule has 0 spiro atoms. The van der Waals surface area contributed by atoms with Crippen molar-refractivity contribution in [2.45, 2.75) is 11.3 Å². The van der Waals surface area contributed by atoms with Crippen LogP contribution < -0.4 is 9.21 Å². The van der Waals surface area contributed by atoms with E-state index in [4.69, 9.17) is 5.11 Å². The lowest BCUT2D eigenvalue weighted by atomic mass is 10.1. The predicted octanol–water partition coefficient (Wildman–Crippen LogP) is 1.78. The van der Waals surface area contributed by atoms with Crippen LogP contribution in [-0.2, 0) is 21.2 Å². The summed E-state index contributed by atoms with van der Waals surface area (Å²) in [7, 11) is -2.75. The number of sulfonamides is 1. The average molecular weight is 362 g/mol. The van der Waals surface area contributed by atoms with Gasteiger partial charge >= 0.3 is 12.0 Å². The topological polar surface area (TPSA) is 115 Å². The Kier molecular flexibility index (Phi) is 3.88. The van der Waals surface area contributed by atoms with Gasteiger partial charge < -0.3 is 10.2 Å². The molecule has 2 aromatic carbocycles. The number of carboxylic acids is 1. The molecule has 130 valence electrons. The maximum absolute atomic E-state index is 12.8. The number of hydrogen-bond donors (Lipinski definition) is 2. The van der Waals surface area contributed by atoms with Gasteiger partial charge in [0.15, 0.2) is 0 Å². The minimum atomic E-state index is -4.16. The number of rotatable bonds is 3. The molecule has 0 atom stereocenters. The summed E-state index contributed by atoms with van der Waals surface area (Å²) in [6.07, 6.45) is -0.205. The molecular weight excluding hydrogens is 348 g/mol. The highest BCUT2D eigenvalue weighted by atomic mass is 32.2. The van der Waals surface area contributed by atoms with Crippen molar-refractivity contribution >= 4 is 33.4 Å². The first-order valence-corrected chi connectivity index (χ1v) is 8.62. The van der Waals surface area contributed by atoms with Gasteiger partial charge in [-0.3, -0.25) is 9.69 Å². The molecule has 0 fully saturated rings. The second-order valence-electron chi connectivity index (χ2n) is 5.50. The van der Waals surface area contributed by atoms with Gasteiger partial charge in [-0.25, -0.2) is 13.2 Å². The number of hydrogen-bond acceptors (Lipinski definition) is 5. The summed E-state index contributed by atoms with van der Waals surface area (Å²) < 4.78 is 26.3. The Morgan fingerprint density at radius 1 is 1.12 bits per heavy atom. The van der Waals surface area contributed by atoms with Crippen LogP contribution in [-0.4, -0.2) is 37.7 Å². The van der Waals surface area contributed by atoms with Gasteiger partial charge in [0.05, 0.1) is 17.8 Å². The highest BCUT2D eigenvalue weighted by Crippen LogP contribution is 2.38. The summed E-state index contributed by atoms with van der Waals surface area (Å²) in [6, 6.07) is 8.54. The molecule has 8 nitrogen and oxygen atoms in total. The van der Waals surface area contributed by atoms with Crippen molar-refractivity contribution in [3.05, 3.63) is 48.0 Å². The minimum Gasteiger partial charge on any atom is -0.508 e. The molecule has 2 N–H and O–H groups in total. The number of carbonyl (C=O) groups excluding carboxylic acids is 1. The zero-order valence-corrected chi connectivity index (χ0v) is 13.9. The van der Waals surface area contributed by atoms with E-state index in [1.54, 1.807) is 0 Å². The molecule has 1 heterocycles. The van der Waals surface area contributed by atoms with Crippen molar-refractivity contribution in [1.82, 2.24) is 0 Å². The second-order valence-corrected chi connectivity index (χ2v) is 7.26. The van der Waals surface area contributed by atoms with E-state index >= 15 is 0 Å². The van der Waals surface area contributed by atoms with Crippen molar-refractivity contribution < 1.29 is 28.2 Å². The number of phenolic OH excluding ortho intramolecular Hbond substituents is 1. The summed E-state index contributed by atoms with van der Waals surface area (Å²) in [5.74, 6) is -1.16. The Morgan fingerprint density at radius 2 is 1.76 bits per heavy atom. The zero-order valence-electron chi connectivity index (χ0n) is 13.1. The number of aromatic hydroxyl groups is 1. The lowest BCUT2D eigenvalue weighted by Crippen LogP contribution is -2.49. The quantitative estimate of drug-likeness (QED) is 0.860. The van der Waals surface area contributed by atoms with Crippen LogP contribution in [0.2, 0.25) is 0 Å². The first kappa shape index (κ1) is 16.8. The molecule has 1 aliphatic heterocycles.